The molecule has 1 heterocycles. The number of carbonyl (C=O) groups excluding carboxylic acids is 1. The Bertz CT molecular complexity index is 544. The maximum absolute atomic E-state index is 11.9. The first-order valence-electron chi connectivity index (χ1n) is 5.33. The third-order valence-corrected chi connectivity index (χ3v) is 2.14. The van der Waals surface area contributed by atoms with E-state index in [1.807, 2.05) is 0 Å². The van der Waals surface area contributed by atoms with Crippen molar-refractivity contribution >= 4 is 5.97 Å². The Labute approximate surface area is 107 Å². The summed E-state index contributed by atoms with van der Waals surface area (Å²) < 4.78 is 32.9. The Hall–Kier alpha value is -2.50. The minimum Gasteiger partial charge on any atom is -0.433 e. The lowest BCUT2D eigenvalue weighted by Crippen LogP contribution is -2.09. The van der Waals surface area contributed by atoms with Crippen molar-refractivity contribution in [2.24, 2.45) is 0 Å². The van der Waals surface area contributed by atoms with E-state index in [9.17, 15) is 13.6 Å². The zero-order valence-corrected chi connectivity index (χ0v) is 9.62. The van der Waals surface area contributed by atoms with Crippen molar-refractivity contribution < 1.29 is 23.0 Å². The van der Waals surface area contributed by atoms with Gasteiger partial charge in [0.2, 0.25) is 5.88 Å². The van der Waals surface area contributed by atoms with E-state index in [-0.39, 0.29) is 11.6 Å². The standard InChI is InChI=1S/C13H9F2NO3/c14-13(15)18-10-6-7-11(16-8-10)19-12(17)9-4-2-1-3-5-9/h1-8,13H. The second-order valence-corrected chi connectivity index (χ2v) is 3.47. The Morgan fingerprint density at radius 1 is 1.11 bits per heavy atom. The molecular weight excluding hydrogens is 256 g/mol. The van der Waals surface area contributed by atoms with Crippen LogP contribution < -0.4 is 9.47 Å². The van der Waals surface area contributed by atoms with Gasteiger partial charge >= 0.3 is 12.6 Å². The summed E-state index contributed by atoms with van der Waals surface area (Å²) in [4.78, 5) is 15.4. The Balaban J connectivity index is 2.02. The highest BCUT2D eigenvalue weighted by Crippen LogP contribution is 2.16. The molecule has 0 saturated carbocycles. The molecular formula is C13H9F2NO3. The van der Waals surface area contributed by atoms with E-state index in [4.69, 9.17) is 4.74 Å². The van der Waals surface area contributed by atoms with Crippen LogP contribution in [-0.4, -0.2) is 17.6 Å². The quantitative estimate of drug-likeness (QED) is 0.797. The van der Waals surface area contributed by atoms with Crippen molar-refractivity contribution in [3.05, 3.63) is 54.2 Å². The van der Waals surface area contributed by atoms with Gasteiger partial charge in [-0.3, -0.25) is 0 Å². The van der Waals surface area contributed by atoms with Crippen LogP contribution >= 0.6 is 0 Å². The van der Waals surface area contributed by atoms with Gasteiger partial charge in [-0.25, -0.2) is 9.78 Å². The van der Waals surface area contributed by atoms with E-state index in [2.05, 4.69) is 9.72 Å². The summed E-state index contributed by atoms with van der Waals surface area (Å²) in [6.45, 7) is -2.92. The lowest BCUT2D eigenvalue weighted by atomic mass is 10.2. The molecule has 0 fully saturated rings. The van der Waals surface area contributed by atoms with E-state index >= 15 is 0 Å². The third kappa shape index (κ3) is 3.74. The second-order valence-electron chi connectivity index (χ2n) is 3.47. The summed E-state index contributed by atoms with van der Waals surface area (Å²) in [6, 6.07) is 10.9. The van der Waals surface area contributed by atoms with Crippen molar-refractivity contribution in [1.29, 1.82) is 0 Å². The van der Waals surface area contributed by atoms with Crippen molar-refractivity contribution in [3.8, 4) is 11.6 Å². The van der Waals surface area contributed by atoms with Gasteiger partial charge in [-0.2, -0.15) is 8.78 Å². The van der Waals surface area contributed by atoms with Crippen LogP contribution in [0.15, 0.2) is 48.7 Å². The number of rotatable bonds is 4. The van der Waals surface area contributed by atoms with Gasteiger partial charge in [0.1, 0.15) is 5.75 Å². The summed E-state index contributed by atoms with van der Waals surface area (Å²) in [5.74, 6) is -0.666. The predicted molar refractivity (Wildman–Crippen MR) is 62.3 cm³/mol. The average molecular weight is 265 g/mol. The maximum Gasteiger partial charge on any atom is 0.387 e. The molecule has 0 saturated heterocycles. The topological polar surface area (TPSA) is 48.4 Å². The number of halogens is 2. The zero-order chi connectivity index (χ0) is 13.7. The molecule has 6 heteroatoms. The first kappa shape index (κ1) is 12.9. The summed E-state index contributed by atoms with van der Waals surface area (Å²) in [5.41, 5.74) is 0.372. The predicted octanol–water partition coefficient (Wildman–Crippen LogP) is 2.90. The lowest BCUT2D eigenvalue weighted by Gasteiger charge is -2.05. The first-order chi connectivity index (χ1) is 9.15. The number of alkyl halides is 2. The molecule has 98 valence electrons. The van der Waals surface area contributed by atoms with Crippen molar-refractivity contribution in [1.82, 2.24) is 4.98 Å². The van der Waals surface area contributed by atoms with E-state index in [1.165, 1.54) is 12.1 Å². The van der Waals surface area contributed by atoms with Gasteiger partial charge in [0.05, 0.1) is 11.8 Å². The summed E-state index contributed by atoms with van der Waals surface area (Å²) in [6.07, 6.45) is 1.06. The molecule has 0 spiro atoms. The highest BCUT2D eigenvalue weighted by atomic mass is 19.3. The normalized spacial score (nSPS) is 10.3. The number of pyridine rings is 1. The van der Waals surface area contributed by atoms with Gasteiger partial charge < -0.3 is 9.47 Å². The monoisotopic (exact) mass is 265 g/mol. The lowest BCUT2D eigenvalue weighted by molar-refractivity contribution is -0.0501. The number of ether oxygens (including phenoxy) is 2. The van der Waals surface area contributed by atoms with Crippen molar-refractivity contribution in [2.75, 3.05) is 0 Å². The molecule has 19 heavy (non-hydrogen) atoms. The number of hydrogen-bond donors (Lipinski definition) is 0. The van der Waals surface area contributed by atoms with Gasteiger partial charge in [-0.05, 0) is 18.2 Å². The van der Waals surface area contributed by atoms with Crippen LogP contribution in [-0.2, 0) is 0 Å². The molecule has 0 aliphatic carbocycles. The number of carbonyl (C=O) groups is 1. The molecule has 0 radical (unpaired) electrons. The molecule has 0 atom stereocenters. The Morgan fingerprint density at radius 2 is 1.84 bits per heavy atom. The van der Waals surface area contributed by atoms with E-state index in [0.29, 0.717) is 5.56 Å². The van der Waals surface area contributed by atoms with Crippen LogP contribution in [0.2, 0.25) is 0 Å². The fourth-order valence-corrected chi connectivity index (χ4v) is 1.33. The number of hydrogen-bond acceptors (Lipinski definition) is 4. The minimum absolute atomic E-state index is 0.00969. The highest BCUT2D eigenvalue weighted by Gasteiger charge is 2.09. The minimum atomic E-state index is -2.92. The van der Waals surface area contributed by atoms with Crippen LogP contribution in [0.3, 0.4) is 0 Å². The maximum atomic E-state index is 11.9. The van der Waals surface area contributed by atoms with Crippen LogP contribution in [0, 0.1) is 0 Å². The van der Waals surface area contributed by atoms with Gasteiger partial charge in [0.15, 0.2) is 0 Å². The first-order valence-corrected chi connectivity index (χ1v) is 5.33. The van der Waals surface area contributed by atoms with Gasteiger partial charge in [0.25, 0.3) is 0 Å². The SMILES string of the molecule is O=C(Oc1ccc(OC(F)F)cn1)c1ccccc1. The molecule has 0 aliphatic heterocycles. The summed E-state index contributed by atoms with van der Waals surface area (Å²) in [5, 5.41) is 0. The van der Waals surface area contributed by atoms with E-state index in [0.717, 1.165) is 6.20 Å². The van der Waals surface area contributed by atoms with E-state index < -0.39 is 12.6 Å². The molecule has 1 aromatic carbocycles. The highest BCUT2D eigenvalue weighted by molar-refractivity contribution is 5.90. The number of aromatic nitrogens is 1. The summed E-state index contributed by atoms with van der Waals surface area (Å²) in [7, 11) is 0. The smallest absolute Gasteiger partial charge is 0.387 e. The molecule has 2 rings (SSSR count). The van der Waals surface area contributed by atoms with E-state index in [1.54, 1.807) is 30.3 Å². The Kier molecular flexibility index (Phi) is 4.02. The largest absolute Gasteiger partial charge is 0.433 e. The van der Waals surface area contributed by atoms with Crippen LogP contribution in [0.5, 0.6) is 11.6 Å². The third-order valence-electron chi connectivity index (χ3n) is 2.14. The molecule has 0 N–H and O–H groups in total. The molecule has 4 nitrogen and oxygen atoms in total. The van der Waals surface area contributed by atoms with Crippen molar-refractivity contribution in [2.45, 2.75) is 6.61 Å². The van der Waals surface area contributed by atoms with Crippen LogP contribution in [0.1, 0.15) is 10.4 Å². The molecule has 2 aromatic rings. The fraction of sp³-hybridized carbons (Fsp3) is 0.0769. The Morgan fingerprint density at radius 3 is 2.42 bits per heavy atom. The fourth-order valence-electron chi connectivity index (χ4n) is 1.33. The van der Waals surface area contributed by atoms with Crippen molar-refractivity contribution in [3.63, 3.8) is 0 Å². The van der Waals surface area contributed by atoms with Crippen LogP contribution in [0.4, 0.5) is 8.78 Å². The average Bonchev–Trinajstić information content (AvgIpc) is 2.41. The van der Waals surface area contributed by atoms with Crippen LogP contribution in [0.25, 0.3) is 0 Å². The number of nitrogens with zero attached hydrogens (tertiary/aromatic N) is 1. The number of esters is 1. The van der Waals surface area contributed by atoms with Gasteiger partial charge in [-0.15, -0.1) is 0 Å². The molecule has 0 amide bonds. The number of benzene rings is 1. The summed E-state index contributed by atoms with van der Waals surface area (Å²) >= 11 is 0. The zero-order valence-electron chi connectivity index (χ0n) is 9.62. The van der Waals surface area contributed by atoms with Gasteiger partial charge in [0, 0.05) is 6.07 Å². The molecule has 0 bridgehead atoms. The molecule has 0 unspecified atom stereocenters. The van der Waals surface area contributed by atoms with Gasteiger partial charge in [-0.1, -0.05) is 18.2 Å². The second kappa shape index (κ2) is 5.90. The molecule has 0 aliphatic rings. The molecule has 1 aromatic heterocycles.